The van der Waals surface area contributed by atoms with Gasteiger partial charge in [-0.1, -0.05) is 51.1 Å². The molecule has 1 saturated heterocycles. The van der Waals surface area contributed by atoms with Gasteiger partial charge in [0.05, 0.1) is 11.4 Å². The molecule has 1 unspecified atom stereocenters. The van der Waals surface area contributed by atoms with E-state index in [1.54, 1.807) is 24.4 Å². The van der Waals surface area contributed by atoms with E-state index in [1.807, 2.05) is 24.3 Å². The molecular weight excluding hydrogens is 348 g/mol. The molecule has 2 aromatic rings. The van der Waals surface area contributed by atoms with Crippen LogP contribution in [0.5, 0.6) is 0 Å². The summed E-state index contributed by atoms with van der Waals surface area (Å²) >= 11 is 1.30. The van der Waals surface area contributed by atoms with Crippen LogP contribution >= 0.6 is 11.3 Å². The second-order valence-corrected chi connectivity index (χ2v) is 8.62. The minimum absolute atomic E-state index is 0.00152. The SMILES string of the molecule is CC(C)(C)c1ccc(C2(C)NC(=O)N(CC(=O)c3cccs3)C2=O)cc1. The Balaban J connectivity index is 1.84. The van der Waals surface area contributed by atoms with Gasteiger partial charge in [-0.2, -0.15) is 0 Å². The van der Waals surface area contributed by atoms with Crippen molar-refractivity contribution in [3.63, 3.8) is 0 Å². The maximum Gasteiger partial charge on any atom is 0.325 e. The van der Waals surface area contributed by atoms with Crippen LogP contribution in [-0.4, -0.2) is 29.2 Å². The summed E-state index contributed by atoms with van der Waals surface area (Å²) in [6, 6.07) is 10.6. The molecule has 1 aliphatic heterocycles. The molecule has 1 N–H and O–H groups in total. The van der Waals surface area contributed by atoms with Crippen molar-refractivity contribution < 1.29 is 14.4 Å². The molecule has 0 bridgehead atoms. The monoisotopic (exact) mass is 370 g/mol. The number of nitrogens with zero attached hydrogens (tertiary/aromatic N) is 1. The van der Waals surface area contributed by atoms with E-state index in [9.17, 15) is 14.4 Å². The van der Waals surface area contributed by atoms with Crippen LogP contribution in [-0.2, 0) is 15.7 Å². The van der Waals surface area contributed by atoms with Crippen molar-refractivity contribution in [2.75, 3.05) is 6.54 Å². The average molecular weight is 370 g/mol. The Bertz CT molecular complexity index is 850. The zero-order valence-electron chi connectivity index (χ0n) is 15.3. The molecule has 1 atom stereocenters. The topological polar surface area (TPSA) is 66.5 Å². The average Bonchev–Trinajstić information content (AvgIpc) is 3.18. The van der Waals surface area contributed by atoms with E-state index in [-0.39, 0.29) is 17.7 Å². The van der Waals surface area contributed by atoms with Gasteiger partial charge >= 0.3 is 6.03 Å². The van der Waals surface area contributed by atoms with Gasteiger partial charge in [0.2, 0.25) is 0 Å². The van der Waals surface area contributed by atoms with E-state index in [0.29, 0.717) is 10.4 Å². The van der Waals surface area contributed by atoms with E-state index in [0.717, 1.165) is 10.5 Å². The largest absolute Gasteiger partial charge is 0.325 e. The molecule has 0 spiro atoms. The van der Waals surface area contributed by atoms with E-state index >= 15 is 0 Å². The summed E-state index contributed by atoms with van der Waals surface area (Å²) in [7, 11) is 0. The highest BCUT2D eigenvalue weighted by Crippen LogP contribution is 2.31. The lowest BCUT2D eigenvalue weighted by Gasteiger charge is -2.24. The Labute approximate surface area is 157 Å². The van der Waals surface area contributed by atoms with Crippen molar-refractivity contribution in [1.29, 1.82) is 0 Å². The van der Waals surface area contributed by atoms with Crippen LogP contribution in [0.3, 0.4) is 0 Å². The molecule has 3 amide bonds. The Hall–Kier alpha value is -2.47. The fourth-order valence-electron chi connectivity index (χ4n) is 3.00. The lowest BCUT2D eigenvalue weighted by molar-refractivity contribution is -0.130. The number of urea groups is 1. The zero-order chi connectivity index (χ0) is 19.1. The van der Waals surface area contributed by atoms with Gasteiger partial charge in [0.25, 0.3) is 5.91 Å². The van der Waals surface area contributed by atoms with Gasteiger partial charge in [-0.05, 0) is 34.9 Å². The highest BCUT2D eigenvalue weighted by Gasteiger charge is 2.49. The molecule has 6 heteroatoms. The molecule has 3 rings (SSSR count). The normalized spacial score (nSPS) is 20.4. The predicted octanol–water partition coefficient (Wildman–Crippen LogP) is 3.70. The number of amides is 3. The number of imide groups is 1. The lowest BCUT2D eigenvalue weighted by Crippen LogP contribution is -2.41. The number of ketones is 1. The molecule has 0 radical (unpaired) electrons. The minimum Gasteiger partial charge on any atom is -0.319 e. The summed E-state index contributed by atoms with van der Waals surface area (Å²) in [6.07, 6.45) is 0. The molecule has 0 aliphatic carbocycles. The highest BCUT2D eigenvalue weighted by atomic mass is 32.1. The van der Waals surface area contributed by atoms with Crippen LogP contribution in [0.15, 0.2) is 41.8 Å². The van der Waals surface area contributed by atoms with E-state index in [2.05, 4.69) is 26.1 Å². The third-order valence-electron chi connectivity index (χ3n) is 4.70. The second kappa shape index (κ2) is 6.36. The first-order valence-corrected chi connectivity index (χ1v) is 9.33. The molecule has 2 heterocycles. The summed E-state index contributed by atoms with van der Waals surface area (Å²) < 4.78 is 0. The zero-order valence-corrected chi connectivity index (χ0v) is 16.1. The number of rotatable bonds is 4. The smallest absolute Gasteiger partial charge is 0.319 e. The van der Waals surface area contributed by atoms with Crippen molar-refractivity contribution >= 4 is 29.1 Å². The quantitative estimate of drug-likeness (QED) is 0.659. The first-order valence-electron chi connectivity index (χ1n) is 8.45. The second-order valence-electron chi connectivity index (χ2n) is 7.67. The summed E-state index contributed by atoms with van der Waals surface area (Å²) in [5, 5.41) is 4.54. The van der Waals surface area contributed by atoms with Crippen LogP contribution in [0.4, 0.5) is 4.79 Å². The lowest BCUT2D eigenvalue weighted by atomic mass is 9.84. The molecule has 0 saturated carbocycles. The first kappa shape index (κ1) is 18.3. The number of thiophene rings is 1. The Morgan fingerprint density at radius 2 is 1.81 bits per heavy atom. The van der Waals surface area contributed by atoms with Crippen LogP contribution in [0, 0.1) is 0 Å². The number of carbonyl (C=O) groups is 3. The fraction of sp³-hybridized carbons (Fsp3) is 0.350. The van der Waals surface area contributed by atoms with Gasteiger partial charge in [0, 0.05) is 0 Å². The Kier molecular flexibility index (Phi) is 4.48. The number of hydrogen-bond donors (Lipinski definition) is 1. The summed E-state index contributed by atoms with van der Waals surface area (Å²) in [6.45, 7) is 7.77. The third kappa shape index (κ3) is 3.17. The van der Waals surface area contributed by atoms with Gasteiger partial charge in [-0.15, -0.1) is 11.3 Å². The third-order valence-corrected chi connectivity index (χ3v) is 5.61. The number of hydrogen-bond acceptors (Lipinski definition) is 4. The molecular formula is C20H22N2O3S. The molecule has 5 nitrogen and oxygen atoms in total. The van der Waals surface area contributed by atoms with Crippen molar-refractivity contribution in [2.24, 2.45) is 0 Å². The van der Waals surface area contributed by atoms with Gasteiger partial charge in [0.15, 0.2) is 5.78 Å². The highest BCUT2D eigenvalue weighted by molar-refractivity contribution is 7.12. The van der Waals surface area contributed by atoms with Crippen LogP contribution in [0.2, 0.25) is 0 Å². The van der Waals surface area contributed by atoms with Crippen molar-refractivity contribution in [3.05, 3.63) is 57.8 Å². The van der Waals surface area contributed by atoms with E-state index in [4.69, 9.17) is 0 Å². The molecule has 1 fully saturated rings. The van der Waals surface area contributed by atoms with Gasteiger partial charge in [-0.25, -0.2) is 4.79 Å². The molecule has 136 valence electrons. The predicted molar refractivity (Wildman–Crippen MR) is 101 cm³/mol. The van der Waals surface area contributed by atoms with Crippen LogP contribution in [0.1, 0.15) is 48.5 Å². The molecule has 1 aliphatic rings. The minimum atomic E-state index is -1.16. The number of carbonyl (C=O) groups excluding carboxylic acids is 3. The summed E-state index contributed by atoms with van der Waals surface area (Å²) in [5.74, 6) is -0.647. The van der Waals surface area contributed by atoms with Crippen molar-refractivity contribution in [1.82, 2.24) is 10.2 Å². The number of Topliss-reactive ketones (excluding diaryl/α,β-unsaturated/α-hetero) is 1. The van der Waals surface area contributed by atoms with E-state index in [1.165, 1.54) is 11.3 Å². The number of benzene rings is 1. The van der Waals surface area contributed by atoms with Gasteiger partial charge in [0.1, 0.15) is 5.54 Å². The summed E-state index contributed by atoms with van der Waals surface area (Å²) in [5.41, 5.74) is 0.686. The fourth-order valence-corrected chi connectivity index (χ4v) is 3.66. The first-order chi connectivity index (χ1) is 12.1. The van der Waals surface area contributed by atoms with Crippen molar-refractivity contribution in [3.8, 4) is 0 Å². The van der Waals surface area contributed by atoms with Crippen molar-refractivity contribution in [2.45, 2.75) is 38.6 Å². The Morgan fingerprint density at radius 3 is 2.35 bits per heavy atom. The van der Waals surface area contributed by atoms with Gasteiger partial charge in [-0.3, -0.25) is 14.5 Å². The molecule has 26 heavy (non-hydrogen) atoms. The van der Waals surface area contributed by atoms with E-state index < -0.39 is 17.5 Å². The standard InChI is InChI=1S/C20H22N2O3S/c1-19(2,3)13-7-9-14(10-8-13)20(4)17(24)22(18(25)21-20)12-15(23)16-6-5-11-26-16/h5-11H,12H2,1-4H3,(H,21,25). The Morgan fingerprint density at radius 1 is 1.15 bits per heavy atom. The number of nitrogens with one attached hydrogen (secondary N) is 1. The van der Waals surface area contributed by atoms with Crippen LogP contribution in [0.25, 0.3) is 0 Å². The molecule has 1 aromatic heterocycles. The van der Waals surface area contributed by atoms with Crippen LogP contribution < -0.4 is 5.32 Å². The maximum absolute atomic E-state index is 12.9. The maximum atomic E-state index is 12.9. The molecule has 1 aromatic carbocycles. The summed E-state index contributed by atoms with van der Waals surface area (Å²) in [4.78, 5) is 39.1. The van der Waals surface area contributed by atoms with Gasteiger partial charge < -0.3 is 5.32 Å².